The van der Waals surface area contributed by atoms with Crippen LogP contribution in [0.25, 0.3) is 0 Å². The van der Waals surface area contributed by atoms with Gasteiger partial charge in [0, 0.05) is 24.0 Å². The molecule has 0 spiro atoms. The van der Waals surface area contributed by atoms with Crippen LogP contribution in [0.1, 0.15) is 30.1 Å². The quantitative estimate of drug-likeness (QED) is 0.711. The molecule has 0 bridgehead atoms. The van der Waals surface area contributed by atoms with Crippen molar-refractivity contribution in [3.05, 3.63) is 23.8 Å². The summed E-state index contributed by atoms with van der Waals surface area (Å²) in [6.07, 6.45) is 2.31. The molecule has 2 atom stereocenters. The second-order valence-electron chi connectivity index (χ2n) is 4.59. The van der Waals surface area contributed by atoms with E-state index in [2.05, 4.69) is 5.32 Å². The van der Waals surface area contributed by atoms with E-state index >= 15 is 0 Å². The van der Waals surface area contributed by atoms with Crippen LogP contribution < -0.4 is 11.1 Å². The van der Waals surface area contributed by atoms with E-state index in [1.165, 1.54) is 0 Å². The van der Waals surface area contributed by atoms with Crippen LogP contribution >= 0.6 is 0 Å². The number of benzene rings is 1. The first-order valence-electron chi connectivity index (χ1n) is 6.09. The number of aromatic carboxylic acids is 1. The second-order valence-corrected chi connectivity index (χ2v) is 4.59. The third-order valence-corrected chi connectivity index (χ3v) is 3.20. The lowest BCUT2D eigenvalue weighted by Gasteiger charge is -2.21. The third-order valence-electron chi connectivity index (χ3n) is 3.20. The molecule has 0 aliphatic carbocycles. The lowest BCUT2D eigenvalue weighted by atomic mass is 10.1. The number of hydrogen-bond donors (Lipinski definition) is 3. The van der Waals surface area contributed by atoms with Crippen LogP contribution in [0.5, 0.6) is 0 Å². The minimum atomic E-state index is -1.01. The molecule has 1 fully saturated rings. The number of carboxylic acids is 1. The molecule has 2 unspecified atom stereocenters. The molecule has 0 aromatic heterocycles. The van der Waals surface area contributed by atoms with Crippen molar-refractivity contribution in [3.63, 3.8) is 0 Å². The fraction of sp³-hybridized carbons (Fsp3) is 0.462. The predicted octanol–water partition coefficient (Wildman–Crippen LogP) is 1.95. The zero-order valence-electron chi connectivity index (χ0n) is 10.3. The van der Waals surface area contributed by atoms with E-state index in [-0.39, 0.29) is 23.4 Å². The summed E-state index contributed by atoms with van der Waals surface area (Å²) in [5, 5.41) is 12.3. The van der Waals surface area contributed by atoms with Gasteiger partial charge < -0.3 is 20.9 Å². The Hall–Kier alpha value is -1.75. The van der Waals surface area contributed by atoms with Crippen molar-refractivity contribution in [2.24, 2.45) is 0 Å². The lowest BCUT2D eigenvalue weighted by molar-refractivity contribution is 0.0698. The number of rotatable bonds is 4. The zero-order valence-corrected chi connectivity index (χ0v) is 10.3. The van der Waals surface area contributed by atoms with Gasteiger partial charge >= 0.3 is 5.97 Å². The molecular formula is C13H18N2O3. The fourth-order valence-electron chi connectivity index (χ4n) is 2.18. The van der Waals surface area contributed by atoms with Crippen LogP contribution in [0.2, 0.25) is 0 Å². The topological polar surface area (TPSA) is 84.6 Å². The van der Waals surface area contributed by atoms with E-state index in [0.29, 0.717) is 0 Å². The summed E-state index contributed by atoms with van der Waals surface area (Å²) in [6, 6.07) is 5.10. The highest BCUT2D eigenvalue weighted by Gasteiger charge is 2.22. The van der Waals surface area contributed by atoms with Gasteiger partial charge in [0.05, 0.1) is 11.7 Å². The maximum Gasteiger partial charge on any atom is 0.337 e. The van der Waals surface area contributed by atoms with Crippen LogP contribution in [0.15, 0.2) is 18.2 Å². The molecule has 1 aliphatic rings. The predicted molar refractivity (Wildman–Crippen MR) is 69.9 cm³/mol. The first-order valence-corrected chi connectivity index (χ1v) is 6.09. The van der Waals surface area contributed by atoms with Gasteiger partial charge in [-0.1, -0.05) is 0 Å². The Morgan fingerprint density at radius 1 is 1.61 bits per heavy atom. The first kappa shape index (κ1) is 12.7. The Bertz CT molecular complexity index is 442. The molecule has 1 aliphatic heterocycles. The number of ether oxygens (including phenoxy) is 1. The average molecular weight is 250 g/mol. The van der Waals surface area contributed by atoms with Crippen molar-refractivity contribution in [1.82, 2.24) is 0 Å². The van der Waals surface area contributed by atoms with Gasteiger partial charge in [0.1, 0.15) is 0 Å². The van der Waals surface area contributed by atoms with Crippen LogP contribution in [-0.4, -0.2) is 29.8 Å². The normalized spacial score (nSPS) is 20.6. The Morgan fingerprint density at radius 2 is 2.39 bits per heavy atom. The van der Waals surface area contributed by atoms with E-state index in [4.69, 9.17) is 15.6 Å². The summed E-state index contributed by atoms with van der Waals surface area (Å²) in [5.74, 6) is -1.01. The molecule has 0 saturated carbocycles. The molecule has 0 radical (unpaired) electrons. The van der Waals surface area contributed by atoms with Crippen molar-refractivity contribution < 1.29 is 14.6 Å². The highest BCUT2D eigenvalue weighted by Crippen LogP contribution is 2.22. The Labute approximate surface area is 106 Å². The van der Waals surface area contributed by atoms with Gasteiger partial charge in [0.2, 0.25) is 0 Å². The van der Waals surface area contributed by atoms with Gasteiger partial charge in [-0.15, -0.1) is 0 Å². The molecule has 18 heavy (non-hydrogen) atoms. The van der Waals surface area contributed by atoms with E-state index in [1.54, 1.807) is 18.2 Å². The maximum atomic E-state index is 11.0. The van der Waals surface area contributed by atoms with E-state index < -0.39 is 5.97 Å². The molecule has 1 aromatic carbocycles. The van der Waals surface area contributed by atoms with Crippen LogP contribution in [0.3, 0.4) is 0 Å². The number of anilines is 2. The summed E-state index contributed by atoms with van der Waals surface area (Å²) < 4.78 is 5.58. The van der Waals surface area contributed by atoms with Crippen molar-refractivity contribution >= 4 is 17.3 Å². The van der Waals surface area contributed by atoms with Crippen molar-refractivity contribution in [2.75, 3.05) is 17.7 Å². The molecule has 98 valence electrons. The number of nitrogens with one attached hydrogen (secondary N) is 1. The van der Waals surface area contributed by atoms with Crippen molar-refractivity contribution in [1.29, 1.82) is 0 Å². The molecule has 1 aromatic rings. The van der Waals surface area contributed by atoms with Crippen molar-refractivity contribution in [2.45, 2.75) is 31.9 Å². The largest absolute Gasteiger partial charge is 0.478 e. The molecule has 5 nitrogen and oxygen atoms in total. The minimum absolute atomic E-state index is 0.125. The maximum absolute atomic E-state index is 11.0. The molecule has 1 saturated heterocycles. The van der Waals surface area contributed by atoms with Crippen LogP contribution in [-0.2, 0) is 4.74 Å². The van der Waals surface area contributed by atoms with Gasteiger partial charge in [-0.05, 0) is 38.0 Å². The standard InChI is InChI=1S/C13H18N2O3/c1-8(12-3-2-6-18-12)15-9-4-5-11(14)10(7-9)13(16)17/h4-5,7-8,12,15H,2-3,6,14H2,1H3,(H,16,17). The first-order chi connectivity index (χ1) is 8.58. The highest BCUT2D eigenvalue weighted by molar-refractivity contribution is 5.94. The van der Waals surface area contributed by atoms with Gasteiger partial charge in [-0.25, -0.2) is 4.79 Å². The molecule has 5 heteroatoms. The van der Waals surface area contributed by atoms with E-state index in [0.717, 1.165) is 25.1 Å². The monoisotopic (exact) mass is 250 g/mol. The minimum Gasteiger partial charge on any atom is -0.478 e. The van der Waals surface area contributed by atoms with Gasteiger partial charge in [0.25, 0.3) is 0 Å². The molecule has 0 amide bonds. The zero-order chi connectivity index (χ0) is 13.1. The van der Waals surface area contributed by atoms with Gasteiger partial charge in [-0.3, -0.25) is 0 Å². The van der Waals surface area contributed by atoms with Gasteiger partial charge in [-0.2, -0.15) is 0 Å². The number of nitrogen functional groups attached to an aromatic ring is 1. The van der Waals surface area contributed by atoms with Gasteiger partial charge in [0.15, 0.2) is 0 Å². The average Bonchev–Trinajstić information content (AvgIpc) is 2.85. The number of hydrogen-bond acceptors (Lipinski definition) is 4. The molecule has 1 heterocycles. The number of nitrogens with two attached hydrogens (primary N) is 1. The lowest BCUT2D eigenvalue weighted by Crippen LogP contribution is -2.30. The van der Waals surface area contributed by atoms with E-state index in [9.17, 15) is 4.79 Å². The number of carboxylic acid groups (broad SMARTS) is 1. The summed E-state index contributed by atoms with van der Waals surface area (Å²) in [5.41, 5.74) is 6.76. The smallest absolute Gasteiger partial charge is 0.337 e. The van der Waals surface area contributed by atoms with Crippen LogP contribution in [0.4, 0.5) is 11.4 Å². The Morgan fingerprint density at radius 3 is 3.00 bits per heavy atom. The molecule has 2 rings (SSSR count). The highest BCUT2D eigenvalue weighted by atomic mass is 16.5. The Balaban J connectivity index is 2.09. The summed E-state index contributed by atoms with van der Waals surface area (Å²) in [6.45, 7) is 2.84. The third kappa shape index (κ3) is 2.73. The Kier molecular flexibility index (Phi) is 3.72. The molecule has 4 N–H and O–H groups in total. The fourth-order valence-corrected chi connectivity index (χ4v) is 2.18. The summed E-state index contributed by atoms with van der Waals surface area (Å²) in [7, 11) is 0. The van der Waals surface area contributed by atoms with Crippen LogP contribution in [0, 0.1) is 0 Å². The van der Waals surface area contributed by atoms with E-state index in [1.807, 2.05) is 6.92 Å². The summed E-state index contributed by atoms with van der Waals surface area (Å²) in [4.78, 5) is 11.0. The number of carbonyl (C=O) groups is 1. The second kappa shape index (κ2) is 5.27. The summed E-state index contributed by atoms with van der Waals surface area (Å²) >= 11 is 0. The SMILES string of the molecule is CC(Nc1ccc(N)c(C(=O)O)c1)C1CCCO1. The molecular weight excluding hydrogens is 232 g/mol. The van der Waals surface area contributed by atoms with Crippen molar-refractivity contribution in [3.8, 4) is 0 Å².